The van der Waals surface area contributed by atoms with Crippen molar-refractivity contribution in [3.05, 3.63) is 0 Å². The zero-order chi connectivity index (χ0) is 7.40. The van der Waals surface area contributed by atoms with E-state index in [1.807, 2.05) is 0 Å². The van der Waals surface area contributed by atoms with Crippen molar-refractivity contribution < 1.29 is 9.84 Å². The van der Waals surface area contributed by atoms with Gasteiger partial charge in [-0.05, 0) is 19.3 Å². The summed E-state index contributed by atoms with van der Waals surface area (Å²) in [6.45, 7) is 0.837. The van der Waals surface area contributed by atoms with Crippen molar-refractivity contribution in [3.63, 3.8) is 0 Å². The first kappa shape index (κ1) is 7.98. The van der Waals surface area contributed by atoms with Crippen LogP contribution >= 0.6 is 0 Å². The van der Waals surface area contributed by atoms with Crippen LogP contribution in [0.25, 0.3) is 0 Å². The van der Waals surface area contributed by atoms with Crippen molar-refractivity contribution in [2.75, 3.05) is 13.2 Å². The van der Waals surface area contributed by atoms with Gasteiger partial charge >= 0.3 is 0 Å². The minimum Gasteiger partial charge on any atom is -0.396 e. The Labute approximate surface area is 61.2 Å². The van der Waals surface area contributed by atoms with Gasteiger partial charge in [0.1, 0.15) is 0 Å². The molecule has 0 aliphatic carbocycles. The maximum Gasteiger partial charge on any atom is 0.0702 e. The molecule has 0 amide bonds. The molecule has 1 saturated heterocycles. The summed E-state index contributed by atoms with van der Waals surface area (Å²) >= 11 is 0. The summed E-state index contributed by atoms with van der Waals surface area (Å²) in [5.41, 5.74) is 5.40. The van der Waals surface area contributed by atoms with Crippen molar-refractivity contribution in [2.45, 2.75) is 31.5 Å². The van der Waals surface area contributed by atoms with Crippen LogP contribution in [0.1, 0.15) is 19.3 Å². The number of rotatable bonds is 3. The van der Waals surface area contributed by atoms with E-state index in [-0.39, 0.29) is 18.8 Å². The Kier molecular flexibility index (Phi) is 3.12. The lowest BCUT2D eigenvalue weighted by molar-refractivity contribution is 0.0357. The maximum atomic E-state index is 8.57. The Morgan fingerprint density at radius 2 is 2.10 bits per heavy atom. The molecule has 10 heavy (non-hydrogen) atoms. The minimum absolute atomic E-state index is 0.224. The van der Waals surface area contributed by atoms with Crippen molar-refractivity contribution in [2.24, 2.45) is 5.73 Å². The third kappa shape index (κ3) is 1.94. The van der Waals surface area contributed by atoms with Crippen molar-refractivity contribution in [3.8, 4) is 0 Å². The van der Waals surface area contributed by atoms with Crippen molar-refractivity contribution in [1.82, 2.24) is 0 Å². The van der Waals surface area contributed by atoms with Gasteiger partial charge in [-0.25, -0.2) is 0 Å². The summed E-state index contributed by atoms with van der Waals surface area (Å²) in [6, 6.07) is 0. The molecule has 0 aromatic carbocycles. The summed E-state index contributed by atoms with van der Waals surface area (Å²) in [5.74, 6) is 0. The Hall–Kier alpha value is -0.120. The average Bonchev–Trinajstić information content (AvgIpc) is 2.37. The van der Waals surface area contributed by atoms with E-state index in [4.69, 9.17) is 15.6 Å². The van der Waals surface area contributed by atoms with Crippen LogP contribution in [-0.4, -0.2) is 30.5 Å². The first-order valence-corrected chi connectivity index (χ1v) is 3.83. The Morgan fingerprint density at radius 1 is 1.40 bits per heavy atom. The van der Waals surface area contributed by atoms with Crippen LogP contribution in [-0.2, 0) is 4.74 Å². The molecule has 2 unspecified atom stereocenters. The molecule has 0 saturated carbocycles. The molecule has 2 atom stereocenters. The summed E-state index contributed by atoms with van der Waals surface area (Å²) in [6.07, 6.45) is 3.38. The number of hydrogen-bond donors (Lipinski definition) is 2. The van der Waals surface area contributed by atoms with E-state index in [0.717, 1.165) is 19.3 Å². The molecule has 3 heteroatoms. The first-order chi connectivity index (χ1) is 4.86. The van der Waals surface area contributed by atoms with Gasteiger partial charge in [0.25, 0.3) is 0 Å². The van der Waals surface area contributed by atoms with Crippen LogP contribution in [0.5, 0.6) is 0 Å². The van der Waals surface area contributed by atoms with Gasteiger partial charge in [-0.3, -0.25) is 0 Å². The van der Waals surface area contributed by atoms with Crippen LogP contribution in [0.2, 0.25) is 0 Å². The molecule has 3 nitrogen and oxygen atoms in total. The topological polar surface area (TPSA) is 55.5 Å². The largest absolute Gasteiger partial charge is 0.396 e. The van der Waals surface area contributed by atoms with Gasteiger partial charge in [0.2, 0.25) is 0 Å². The van der Waals surface area contributed by atoms with Gasteiger partial charge in [0.15, 0.2) is 0 Å². The molecule has 0 spiro atoms. The predicted molar refractivity (Wildman–Crippen MR) is 38.7 cm³/mol. The van der Waals surface area contributed by atoms with Crippen LogP contribution < -0.4 is 5.73 Å². The van der Waals surface area contributed by atoms with E-state index < -0.39 is 0 Å². The molecule has 0 radical (unpaired) electrons. The van der Waals surface area contributed by atoms with Gasteiger partial charge in [-0.2, -0.15) is 0 Å². The Balaban J connectivity index is 2.15. The number of aliphatic hydroxyl groups is 1. The van der Waals surface area contributed by atoms with Crippen LogP contribution in [0, 0.1) is 0 Å². The van der Waals surface area contributed by atoms with Gasteiger partial charge in [-0.1, -0.05) is 0 Å². The van der Waals surface area contributed by atoms with Gasteiger partial charge in [0, 0.05) is 13.2 Å². The van der Waals surface area contributed by atoms with Crippen molar-refractivity contribution >= 4 is 0 Å². The fourth-order valence-corrected chi connectivity index (χ4v) is 1.31. The zero-order valence-electron chi connectivity index (χ0n) is 6.12. The number of nitrogens with two attached hydrogens (primary N) is 1. The standard InChI is InChI=1S/C7H15NO2/c8-5-7-2-1-6(10-7)3-4-9/h6-7,9H,1-5,8H2. The highest BCUT2D eigenvalue weighted by Gasteiger charge is 2.22. The molecule has 60 valence electrons. The first-order valence-electron chi connectivity index (χ1n) is 3.83. The molecule has 3 N–H and O–H groups in total. The van der Waals surface area contributed by atoms with E-state index in [9.17, 15) is 0 Å². The molecule has 1 aliphatic rings. The van der Waals surface area contributed by atoms with Gasteiger partial charge in [-0.15, -0.1) is 0 Å². The predicted octanol–water partition coefficient (Wildman–Crippen LogP) is -0.125. The molecule has 1 fully saturated rings. The number of hydrogen-bond acceptors (Lipinski definition) is 3. The third-order valence-electron chi connectivity index (χ3n) is 1.91. The molecule has 1 rings (SSSR count). The second kappa shape index (κ2) is 3.91. The molecule has 0 aromatic rings. The molecular weight excluding hydrogens is 130 g/mol. The molecule has 0 bridgehead atoms. The summed E-state index contributed by atoms with van der Waals surface area (Å²) in [7, 11) is 0. The second-order valence-corrected chi connectivity index (χ2v) is 2.71. The van der Waals surface area contributed by atoms with E-state index in [1.54, 1.807) is 0 Å². The molecular formula is C7H15NO2. The maximum absolute atomic E-state index is 8.57. The second-order valence-electron chi connectivity index (χ2n) is 2.71. The molecule has 1 aliphatic heterocycles. The van der Waals surface area contributed by atoms with Gasteiger partial charge < -0.3 is 15.6 Å². The fourth-order valence-electron chi connectivity index (χ4n) is 1.31. The lowest BCUT2D eigenvalue weighted by atomic mass is 10.1. The van der Waals surface area contributed by atoms with Crippen LogP contribution in [0.3, 0.4) is 0 Å². The minimum atomic E-state index is 0.224. The lowest BCUT2D eigenvalue weighted by Crippen LogP contribution is -2.20. The van der Waals surface area contributed by atoms with E-state index in [1.165, 1.54) is 0 Å². The lowest BCUT2D eigenvalue weighted by Gasteiger charge is -2.09. The third-order valence-corrected chi connectivity index (χ3v) is 1.91. The highest BCUT2D eigenvalue weighted by atomic mass is 16.5. The highest BCUT2D eigenvalue weighted by Crippen LogP contribution is 2.20. The van der Waals surface area contributed by atoms with E-state index >= 15 is 0 Å². The summed E-state index contributed by atoms with van der Waals surface area (Å²) < 4.78 is 5.47. The fraction of sp³-hybridized carbons (Fsp3) is 1.00. The SMILES string of the molecule is NCC1CCC(CCO)O1. The van der Waals surface area contributed by atoms with E-state index in [0.29, 0.717) is 6.54 Å². The normalized spacial score (nSPS) is 33.0. The van der Waals surface area contributed by atoms with Crippen molar-refractivity contribution in [1.29, 1.82) is 0 Å². The number of aliphatic hydroxyl groups excluding tert-OH is 1. The van der Waals surface area contributed by atoms with Gasteiger partial charge in [0.05, 0.1) is 12.2 Å². The monoisotopic (exact) mass is 145 g/mol. The Bertz CT molecular complexity index is 97.6. The van der Waals surface area contributed by atoms with E-state index in [2.05, 4.69) is 0 Å². The molecule has 1 heterocycles. The highest BCUT2D eigenvalue weighted by molar-refractivity contribution is 4.73. The summed E-state index contributed by atoms with van der Waals surface area (Å²) in [5, 5.41) is 8.57. The van der Waals surface area contributed by atoms with Crippen LogP contribution in [0.4, 0.5) is 0 Å². The smallest absolute Gasteiger partial charge is 0.0702 e. The Morgan fingerprint density at radius 3 is 2.60 bits per heavy atom. The quantitative estimate of drug-likeness (QED) is 0.582. The summed E-state index contributed by atoms with van der Waals surface area (Å²) in [4.78, 5) is 0. The average molecular weight is 145 g/mol. The zero-order valence-corrected chi connectivity index (χ0v) is 6.12. The molecule has 0 aromatic heterocycles. The van der Waals surface area contributed by atoms with Crippen LogP contribution in [0.15, 0.2) is 0 Å². The number of ether oxygens (including phenoxy) is 1.